The van der Waals surface area contributed by atoms with Gasteiger partial charge in [-0.1, -0.05) is 35.9 Å². The molecule has 114 valence electrons. The summed E-state index contributed by atoms with van der Waals surface area (Å²) in [6.45, 7) is 8.59. The van der Waals surface area contributed by atoms with Crippen molar-refractivity contribution in [2.45, 2.75) is 39.9 Å². The minimum Gasteiger partial charge on any atom is -0.372 e. The Morgan fingerprint density at radius 1 is 1.24 bits per heavy atom. The third kappa shape index (κ3) is 4.26. The molecule has 0 aromatic heterocycles. The predicted molar refractivity (Wildman–Crippen MR) is 87.8 cm³/mol. The lowest BCUT2D eigenvalue weighted by Crippen LogP contribution is -2.44. The molecule has 1 aromatic rings. The highest BCUT2D eigenvalue weighted by Gasteiger charge is 2.30. The van der Waals surface area contributed by atoms with Crippen molar-refractivity contribution in [2.75, 3.05) is 13.1 Å². The zero-order chi connectivity index (χ0) is 15.2. The Bertz CT molecular complexity index is 503. The van der Waals surface area contributed by atoms with Crippen molar-refractivity contribution in [3.8, 4) is 0 Å². The monoisotopic (exact) mass is 286 g/mol. The average Bonchev–Trinajstić information content (AvgIpc) is 2.47. The number of piperidine rings is 1. The molecule has 2 unspecified atom stereocenters. The van der Waals surface area contributed by atoms with E-state index in [1.165, 1.54) is 16.7 Å². The number of nitrogens with one attached hydrogen (secondary N) is 2. The lowest BCUT2D eigenvalue weighted by Gasteiger charge is -2.34. The molecule has 0 aliphatic carbocycles. The first-order chi connectivity index (χ1) is 10.1. The van der Waals surface area contributed by atoms with Crippen molar-refractivity contribution in [1.82, 2.24) is 5.32 Å². The average molecular weight is 286 g/mol. The maximum absolute atomic E-state index is 8.07. The third-order valence-corrected chi connectivity index (χ3v) is 4.05. The normalized spacial score (nSPS) is 21.9. The van der Waals surface area contributed by atoms with Crippen molar-refractivity contribution in [1.29, 1.82) is 5.41 Å². The summed E-state index contributed by atoms with van der Waals surface area (Å²) in [6.07, 6.45) is 1.18. The Morgan fingerprint density at radius 3 is 2.57 bits per heavy atom. The van der Waals surface area contributed by atoms with Gasteiger partial charge in [0.15, 0.2) is 0 Å². The second kappa shape index (κ2) is 7.53. The van der Waals surface area contributed by atoms with E-state index in [9.17, 15) is 0 Å². The first-order valence-electron chi connectivity index (χ1n) is 7.68. The van der Waals surface area contributed by atoms with E-state index in [1.807, 2.05) is 25.1 Å². The molecule has 1 aromatic carbocycles. The molecule has 1 fully saturated rings. The molecule has 2 rings (SSSR count). The Balaban J connectivity index is 2.08. The van der Waals surface area contributed by atoms with Gasteiger partial charge in [-0.05, 0) is 44.9 Å². The predicted octanol–water partition coefficient (Wildman–Crippen LogP) is 3.56. The van der Waals surface area contributed by atoms with Crippen molar-refractivity contribution in [3.05, 3.63) is 47.0 Å². The second-order valence-electron chi connectivity index (χ2n) is 5.97. The molecule has 2 atom stereocenters. The fourth-order valence-corrected chi connectivity index (χ4v) is 3.14. The highest BCUT2D eigenvalue weighted by atomic mass is 16.5. The van der Waals surface area contributed by atoms with Gasteiger partial charge >= 0.3 is 0 Å². The van der Waals surface area contributed by atoms with Crippen molar-refractivity contribution >= 4 is 5.71 Å². The summed E-state index contributed by atoms with van der Waals surface area (Å²) in [4.78, 5) is 0. The molecule has 2 N–H and O–H groups in total. The summed E-state index contributed by atoms with van der Waals surface area (Å²) in [6, 6.07) is 10.3. The third-order valence-electron chi connectivity index (χ3n) is 4.05. The summed E-state index contributed by atoms with van der Waals surface area (Å²) in [5, 5.41) is 11.5. The molecule has 21 heavy (non-hydrogen) atoms. The maximum atomic E-state index is 8.07. The first-order valence-corrected chi connectivity index (χ1v) is 7.68. The van der Waals surface area contributed by atoms with Crippen LogP contribution in [0.2, 0.25) is 0 Å². The van der Waals surface area contributed by atoms with Crippen molar-refractivity contribution < 1.29 is 4.74 Å². The lowest BCUT2D eigenvalue weighted by molar-refractivity contribution is -0.000199. The SMILES string of the molecule is CC(=N)C(=C(C)C)C1CCNCC1OCc1ccccc1. The van der Waals surface area contributed by atoms with Crippen LogP contribution >= 0.6 is 0 Å². The van der Waals surface area contributed by atoms with Crippen LogP contribution < -0.4 is 5.32 Å². The standard InChI is InChI=1S/C18H26N2O/c1-13(2)18(14(3)19)16-9-10-20-11-17(16)21-12-15-7-5-4-6-8-15/h4-8,16-17,19-20H,9-12H2,1-3H3. The minimum atomic E-state index is 0.143. The van der Waals surface area contributed by atoms with Gasteiger partial charge in [-0.3, -0.25) is 0 Å². The Morgan fingerprint density at radius 2 is 1.95 bits per heavy atom. The van der Waals surface area contributed by atoms with Crippen LogP contribution in [0.4, 0.5) is 0 Å². The molecule has 1 aliphatic heterocycles. The van der Waals surface area contributed by atoms with E-state index in [2.05, 4.69) is 31.3 Å². The molecule has 0 radical (unpaired) electrons. The number of allylic oxidation sites excluding steroid dienone is 1. The smallest absolute Gasteiger partial charge is 0.0773 e. The molecule has 0 spiro atoms. The van der Waals surface area contributed by atoms with E-state index in [0.717, 1.165) is 19.5 Å². The van der Waals surface area contributed by atoms with Gasteiger partial charge in [-0.25, -0.2) is 0 Å². The molecule has 0 amide bonds. The van der Waals surface area contributed by atoms with Crippen LogP contribution in [0.25, 0.3) is 0 Å². The Kier molecular flexibility index (Phi) is 5.71. The van der Waals surface area contributed by atoms with E-state index in [0.29, 0.717) is 18.2 Å². The van der Waals surface area contributed by atoms with Gasteiger partial charge in [0.05, 0.1) is 12.7 Å². The van der Waals surface area contributed by atoms with Crippen LogP contribution in [-0.4, -0.2) is 24.9 Å². The molecule has 0 saturated carbocycles. The van der Waals surface area contributed by atoms with Crippen LogP contribution in [-0.2, 0) is 11.3 Å². The van der Waals surface area contributed by atoms with Gasteiger partial charge in [0, 0.05) is 18.2 Å². The summed E-state index contributed by atoms with van der Waals surface area (Å²) >= 11 is 0. The highest BCUT2D eigenvalue weighted by molar-refractivity contribution is 5.96. The van der Waals surface area contributed by atoms with Gasteiger partial charge in [0.1, 0.15) is 0 Å². The molecular weight excluding hydrogens is 260 g/mol. The molecule has 1 aliphatic rings. The molecule has 1 saturated heterocycles. The van der Waals surface area contributed by atoms with Gasteiger partial charge in [-0.15, -0.1) is 0 Å². The Labute approximate surface area is 127 Å². The van der Waals surface area contributed by atoms with E-state index in [-0.39, 0.29) is 6.10 Å². The van der Waals surface area contributed by atoms with Gasteiger partial charge < -0.3 is 15.5 Å². The quantitative estimate of drug-likeness (QED) is 0.813. The van der Waals surface area contributed by atoms with Crippen molar-refractivity contribution in [2.24, 2.45) is 5.92 Å². The summed E-state index contributed by atoms with van der Waals surface area (Å²) in [5.74, 6) is 0.331. The van der Waals surface area contributed by atoms with Gasteiger partial charge in [0.2, 0.25) is 0 Å². The topological polar surface area (TPSA) is 45.1 Å². The van der Waals surface area contributed by atoms with Gasteiger partial charge in [0.25, 0.3) is 0 Å². The van der Waals surface area contributed by atoms with Crippen LogP contribution in [0.3, 0.4) is 0 Å². The Hall–Kier alpha value is -1.45. The van der Waals surface area contributed by atoms with Crippen LogP contribution in [0.5, 0.6) is 0 Å². The minimum absolute atomic E-state index is 0.143. The molecule has 1 heterocycles. The first kappa shape index (κ1) is 15.9. The molecule has 3 heteroatoms. The number of ether oxygens (including phenoxy) is 1. The zero-order valence-corrected chi connectivity index (χ0v) is 13.3. The summed E-state index contributed by atoms with van der Waals surface area (Å²) < 4.78 is 6.17. The van der Waals surface area contributed by atoms with E-state index < -0.39 is 0 Å². The van der Waals surface area contributed by atoms with E-state index in [1.54, 1.807) is 0 Å². The van der Waals surface area contributed by atoms with Crippen LogP contribution in [0.1, 0.15) is 32.8 Å². The van der Waals surface area contributed by atoms with Crippen LogP contribution in [0, 0.1) is 11.3 Å². The largest absolute Gasteiger partial charge is 0.372 e. The summed E-state index contributed by atoms with van der Waals surface area (Å²) in [5.41, 5.74) is 4.29. The number of hydrogen-bond donors (Lipinski definition) is 2. The zero-order valence-electron chi connectivity index (χ0n) is 13.3. The summed E-state index contributed by atoms with van der Waals surface area (Å²) in [7, 11) is 0. The van der Waals surface area contributed by atoms with Gasteiger partial charge in [-0.2, -0.15) is 0 Å². The molecule has 3 nitrogen and oxygen atoms in total. The number of benzene rings is 1. The second-order valence-corrected chi connectivity index (χ2v) is 5.97. The van der Waals surface area contributed by atoms with E-state index >= 15 is 0 Å². The van der Waals surface area contributed by atoms with Crippen molar-refractivity contribution in [3.63, 3.8) is 0 Å². The number of rotatable bonds is 5. The van der Waals surface area contributed by atoms with E-state index in [4.69, 9.17) is 10.1 Å². The number of hydrogen-bond acceptors (Lipinski definition) is 3. The molecule has 0 bridgehead atoms. The molecular formula is C18H26N2O. The highest BCUT2D eigenvalue weighted by Crippen LogP contribution is 2.28. The maximum Gasteiger partial charge on any atom is 0.0773 e. The van der Waals surface area contributed by atoms with Crippen LogP contribution in [0.15, 0.2) is 41.5 Å². The fraction of sp³-hybridized carbons (Fsp3) is 0.500. The lowest BCUT2D eigenvalue weighted by atomic mass is 9.83. The fourth-order valence-electron chi connectivity index (χ4n) is 3.14.